The van der Waals surface area contributed by atoms with E-state index in [9.17, 15) is 9.59 Å². The fourth-order valence-corrected chi connectivity index (χ4v) is 2.71. The molecule has 0 amide bonds. The van der Waals surface area contributed by atoms with E-state index < -0.39 is 11.9 Å². The summed E-state index contributed by atoms with van der Waals surface area (Å²) in [5, 5.41) is 1.86. The number of ether oxygens (including phenoxy) is 4. The molecule has 0 fully saturated rings. The summed E-state index contributed by atoms with van der Waals surface area (Å²) in [4.78, 5) is 22.8. The van der Waals surface area contributed by atoms with Gasteiger partial charge in [-0.15, -0.1) is 0 Å². The smallest absolute Gasteiger partial charge is 0.330 e. The number of hydrogen-bond donors (Lipinski definition) is 0. The highest BCUT2D eigenvalue weighted by Gasteiger charge is 2.14. The minimum atomic E-state index is -0.464. The molecule has 2 atom stereocenters. The van der Waals surface area contributed by atoms with Crippen molar-refractivity contribution in [2.45, 2.75) is 38.9 Å². The highest BCUT2D eigenvalue weighted by Crippen LogP contribution is 2.29. The molecule has 0 bridgehead atoms. The summed E-state index contributed by atoms with van der Waals surface area (Å²) in [5.74, 6) is 0.432. The molecule has 2 unspecified atom stereocenters. The zero-order valence-electron chi connectivity index (χ0n) is 17.5. The summed E-state index contributed by atoms with van der Waals surface area (Å²) in [7, 11) is 0. The second-order valence-corrected chi connectivity index (χ2v) is 6.60. The average molecular weight is 412 g/mol. The zero-order valence-corrected chi connectivity index (χ0v) is 17.5. The minimum Gasteiger partial charge on any atom is -0.490 e. The van der Waals surface area contributed by atoms with Crippen LogP contribution < -0.4 is 9.47 Å². The highest BCUT2D eigenvalue weighted by molar-refractivity contribution is 5.89. The molecule has 0 N–H and O–H groups in total. The molecular weight excluding hydrogens is 384 g/mol. The molecule has 0 radical (unpaired) electrons. The number of benzene rings is 2. The van der Waals surface area contributed by atoms with Gasteiger partial charge < -0.3 is 18.9 Å². The molecule has 6 nitrogen and oxygen atoms in total. The standard InChI is InChI=1S/C24H28O6/c1-5-18(29-23(25)7-3)15-27-20-12-13-21-17(14-20)10-9-11-22(21)28-16-19(6-2)30-24(26)8-4/h7-14,18-19H,3-6,15-16H2,1-2H3. The first-order valence-corrected chi connectivity index (χ1v) is 9.95. The van der Waals surface area contributed by atoms with Crippen molar-refractivity contribution >= 4 is 22.7 Å². The molecule has 30 heavy (non-hydrogen) atoms. The van der Waals surface area contributed by atoms with Crippen LogP contribution in [0.3, 0.4) is 0 Å². The maximum atomic E-state index is 11.4. The van der Waals surface area contributed by atoms with Gasteiger partial charge >= 0.3 is 11.9 Å². The van der Waals surface area contributed by atoms with Crippen molar-refractivity contribution in [1.82, 2.24) is 0 Å². The summed E-state index contributed by atoms with van der Waals surface area (Å²) in [5.41, 5.74) is 0. The van der Waals surface area contributed by atoms with Gasteiger partial charge in [-0.3, -0.25) is 0 Å². The molecule has 0 aromatic heterocycles. The van der Waals surface area contributed by atoms with Crippen molar-refractivity contribution in [3.05, 3.63) is 61.7 Å². The first kappa shape index (κ1) is 23.0. The normalized spacial score (nSPS) is 12.5. The molecule has 0 saturated heterocycles. The lowest BCUT2D eigenvalue weighted by atomic mass is 10.1. The molecule has 0 spiro atoms. The van der Waals surface area contributed by atoms with Gasteiger partial charge in [0.2, 0.25) is 0 Å². The second-order valence-electron chi connectivity index (χ2n) is 6.60. The first-order chi connectivity index (χ1) is 14.5. The summed E-state index contributed by atoms with van der Waals surface area (Å²) in [6.45, 7) is 11.2. The molecule has 0 saturated carbocycles. The number of esters is 2. The Labute approximate surface area is 177 Å². The van der Waals surface area contributed by atoms with Crippen molar-refractivity contribution in [2.24, 2.45) is 0 Å². The van der Waals surface area contributed by atoms with Crippen molar-refractivity contribution in [2.75, 3.05) is 13.2 Å². The Morgan fingerprint density at radius 2 is 1.50 bits per heavy atom. The van der Waals surface area contributed by atoms with E-state index in [4.69, 9.17) is 18.9 Å². The van der Waals surface area contributed by atoms with Crippen molar-refractivity contribution in [3.8, 4) is 11.5 Å². The van der Waals surface area contributed by atoms with Gasteiger partial charge in [0, 0.05) is 17.5 Å². The average Bonchev–Trinajstić information content (AvgIpc) is 2.78. The van der Waals surface area contributed by atoms with Crippen molar-refractivity contribution in [1.29, 1.82) is 0 Å². The summed E-state index contributed by atoms with van der Waals surface area (Å²) in [6.07, 6.45) is 2.87. The fraction of sp³-hybridized carbons (Fsp3) is 0.333. The summed E-state index contributed by atoms with van der Waals surface area (Å²) >= 11 is 0. The molecule has 2 aromatic carbocycles. The summed E-state index contributed by atoms with van der Waals surface area (Å²) < 4.78 is 22.2. The monoisotopic (exact) mass is 412 g/mol. The van der Waals surface area contributed by atoms with E-state index in [1.807, 2.05) is 50.2 Å². The van der Waals surface area contributed by atoms with Crippen LogP contribution in [0.15, 0.2) is 61.7 Å². The van der Waals surface area contributed by atoms with Crippen LogP contribution in [-0.2, 0) is 19.1 Å². The Balaban J connectivity index is 2.05. The SMILES string of the molecule is C=CC(=O)OC(CC)COc1ccc2c(OCC(CC)OC(=O)C=C)cccc2c1. The van der Waals surface area contributed by atoms with Crippen LogP contribution in [0.25, 0.3) is 10.8 Å². The van der Waals surface area contributed by atoms with Crippen LogP contribution >= 0.6 is 0 Å². The molecule has 2 rings (SSSR count). The van der Waals surface area contributed by atoms with Crippen LogP contribution in [0.2, 0.25) is 0 Å². The molecule has 0 heterocycles. The van der Waals surface area contributed by atoms with Crippen LogP contribution in [-0.4, -0.2) is 37.4 Å². The molecule has 2 aromatic rings. The molecular formula is C24H28O6. The van der Waals surface area contributed by atoms with E-state index in [2.05, 4.69) is 13.2 Å². The minimum absolute atomic E-state index is 0.250. The van der Waals surface area contributed by atoms with Gasteiger partial charge in [-0.1, -0.05) is 39.1 Å². The van der Waals surface area contributed by atoms with Crippen molar-refractivity contribution in [3.63, 3.8) is 0 Å². The van der Waals surface area contributed by atoms with Gasteiger partial charge in [0.05, 0.1) is 0 Å². The number of carbonyl (C=O) groups excluding carboxylic acids is 2. The Hall–Kier alpha value is -3.28. The first-order valence-electron chi connectivity index (χ1n) is 9.95. The lowest BCUT2D eigenvalue weighted by molar-refractivity contribution is -0.145. The Morgan fingerprint density at radius 1 is 0.900 bits per heavy atom. The van der Waals surface area contributed by atoms with E-state index in [-0.39, 0.29) is 25.4 Å². The maximum Gasteiger partial charge on any atom is 0.330 e. The van der Waals surface area contributed by atoms with E-state index in [1.165, 1.54) is 0 Å². The second kappa shape index (κ2) is 11.7. The lowest BCUT2D eigenvalue weighted by Gasteiger charge is -2.18. The van der Waals surface area contributed by atoms with Gasteiger partial charge in [0.15, 0.2) is 0 Å². The highest BCUT2D eigenvalue weighted by atomic mass is 16.6. The number of fused-ring (bicyclic) bond motifs is 1. The van der Waals surface area contributed by atoms with Gasteiger partial charge in [0.25, 0.3) is 0 Å². The van der Waals surface area contributed by atoms with E-state index in [0.29, 0.717) is 24.3 Å². The van der Waals surface area contributed by atoms with Gasteiger partial charge in [-0.05, 0) is 42.5 Å². The van der Waals surface area contributed by atoms with Crippen LogP contribution in [0.5, 0.6) is 11.5 Å². The van der Waals surface area contributed by atoms with Crippen molar-refractivity contribution < 1.29 is 28.5 Å². The molecule has 0 aliphatic heterocycles. The number of hydrogen-bond acceptors (Lipinski definition) is 6. The Bertz CT molecular complexity index is 888. The van der Waals surface area contributed by atoms with Gasteiger partial charge in [-0.2, -0.15) is 0 Å². The molecule has 160 valence electrons. The number of rotatable bonds is 12. The Morgan fingerprint density at radius 3 is 2.07 bits per heavy atom. The van der Waals surface area contributed by atoms with Gasteiger partial charge in [-0.25, -0.2) is 9.59 Å². The number of carbonyl (C=O) groups is 2. The topological polar surface area (TPSA) is 71.1 Å². The Kier molecular flexibility index (Phi) is 8.94. The third-order valence-electron chi connectivity index (χ3n) is 4.48. The van der Waals surface area contributed by atoms with E-state index in [1.54, 1.807) is 0 Å². The third-order valence-corrected chi connectivity index (χ3v) is 4.48. The summed E-state index contributed by atoms with van der Waals surface area (Å²) in [6, 6.07) is 11.4. The fourth-order valence-electron chi connectivity index (χ4n) is 2.71. The quantitative estimate of drug-likeness (QED) is 0.374. The predicted octanol–water partition coefficient (Wildman–Crippen LogP) is 4.61. The molecule has 0 aliphatic carbocycles. The van der Waals surface area contributed by atoms with E-state index in [0.717, 1.165) is 22.9 Å². The van der Waals surface area contributed by atoms with Crippen LogP contribution in [0.4, 0.5) is 0 Å². The van der Waals surface area contributed by atoms with Crippen LogP contribution in [0, 0.1) is 0 Å². The molecule has 6 heteroatoms. The molecule has 0 aliphatic rings. The van der Waals surface area contributed by atoms with Gasteiger partial charge in [0.1, 0.15) is 36.9 Å². The van der Waals surface area contributed by atoms with E-state index >= 15 is 0 Å². The third kappa shape index (κ3) is 6.65. The van der Waals surface area contributed by atoms with Crippen LogP contribution in [0.1, 0.15) is 26.7 Å². The maximum absolute atomic E-state index is 11.4. The predicted molar refractivity (Wildman–Crippen MR) is 116 cm³/mol. The zero-order chi connectivity index (χ0) is 21.9. The largest absolute Gasteiger partial charge is 0.490 e. The lowest BCUT2D eigenvalue weighted by Crippen LogP contribution is -2.23.